The van der Waals surface area contributed by atoms with E-state index < -0.39 is 0 Å². The van der Waals surface area contributed by atoms with Crippen molar-refractivity contribution in [3.63, 3.8) is 0 Å². The van der Waals surface area contributed by atoms with Gasteiger partial charge in [0.1, 0.15) is 18.1 Å². The van der Waals surface area contributed by atoms with Crippen molar-refractivity contribution in [3.05, 3.63) is 65.5 Å². The second-order valence-electron chi connectivity index (χ2n) is 7.67. The van der Waals surface area contributed by atoms with E-state index in [1.165, 1.54) is 22.0 Å². The molecule has 0 fully saturated rings. The van der Waals surface area contributed by atoms with Gasteiger partial charge < -0.3 is 15.3 Å². The van der Waals surface area contributed by atoms with Crippen molar-refractivity contribution in [3.8, 4) is 17.6 Å². The molecule has 0 aliphatic carbocycles. The van der Waals surface area contributed by atoms with Crippen molar-refractivity contribution < 1.29 is 9.47 Å². The predicted molar refractivity (Wildman–Crippen MR) is 117 cm³/mol. The number of benzene rings is 2. The van der Waals surface area contributed by atoms with Crippen LogP contribution in [0.2, 0.25) is 0 Å². The molecule has 8 heteroatoms. The molecular formula is C22H25N5O2S. The Morgan fingerprint density at radius 1 is 1.07 bits per heavy atom. The minimum absolute atomic E-state index is 0.102. The molecule has 30 heavy (non-hydrogen) atoms. The fourth-order valence-corrected chi connectivity index (χ4v) is 3.34. The molecule has 0 amide bonds. The summed E-state index contributed by atoms with van der Waals surface area (Å²) in [5.74, 6) is 8.70. The highest BCUT2D eigenvalue weighted by Gasteiger charge is 2.14. The number of nitrogen functional groups attached to an aromatic ring is 1. The minimum atomic E-state index is 0.102. The number of thioether (sulfide) groups is 1. The van der Waals surface area contributed by atoms with E-state index in [1.807, 2.05) is 18.2 Å². The lowest BCUT2D eigenvalue weighted by atomic mass is 9.87. The van der Waals surface area contributed by atoms with E-state index >= 15 is 0 Å². The van der Waals surface area contributed by atoms with Crippen LogP contribution in [0, 0.1) is 11.3 Å². The molecular weight excluding hydrogens is 398 g/mol. The maximum atomic E-state index is 8.92. The molecule has 0 aliphatic heterocycles. The van der Waals surface area contributed by atoms with Crippen molar-refractivity contribution in [2.75, 3.05) is 18.2 Å². The molecule has 1 aromatic heterocycles. The van der Waals surface area contributed by atoms with Crippen molar-refractivity contribution in [1.82, 2.24) is 14.9 Å². The van der Waals surface area contributed by atoms with Gasteiger partial charge in [0.25, 0.3) is 0 Å². The number of aromatic nitrogens is 3. The lowest BCUT2D eigenvalue weighted by molar-refractivity contribution is 0.291. The number of nitriles is 1. The van der Waals surface area contributed by atoms with Crippen LogP contribution in [-0.2, 0) is 12.0 Å². The van der Waals surface area contributed by atoms with E-state index in [9.17, 15) is 0 Å². The lowest BCUT2D eigenvalue weighted by Gasteiger charge is -2.19. The van der Waals surface area contributed by atoms with Crippen LogP contribution in [0.3, 0.4) is 0 Å². The third kappa shape index (κ3) is 5.67. The molecule has 0 atom stereocenters. The van der Waals surface area contributed by atoms with Gasteiger partial charge in [-0.25, -0.2) is 4.68 Å². The van der Waals surface area contributed by atoms with Crippen LogP contribution in [0.25, 0.3) is 0 Å². The molecule has 156 valence electrons. The van der Waals surface area contributed by atoms with Gasteiger partial charge in [-0.1, -0.05) is 50.7 Å². The summed E-state index contributed by atoms with van der Waals surface area (Å²) in [6, 6.07) is 17.2. The Balaban J connectivity index is 1.48. The van der Waals surface area contributed by atoms with Gasteiger partial charge in [-0.2, -0.15) is 5.26 Å². The van der Waals surface area contributed by atoms with E-state index in [4.69, 9.17) is 20.6 Å². The van der Waals surface area contributed by atoms with Crippen molar-refractivity contribution >= 4 is 11.8 Å². The first kappa shape index (κ1) is 21.5. The molecule has 0 radical (unpaired) electrons. The van der Waals surface area contributed by atoms with E-state index in [2.05, 4.69) is 49.2 Å². The Hall–Kier alpha value is -3.18. The van der Waals surface area contributed by atoms with Gasteiger partial charge >= 0.3 is 0 Å². The summed E-state index contributed by atoms with van der Waals surface area (Å²) in [6.45, 7) is 7.21. The van der Waals surface area contributed by atoms with Gasteiger partial charge in [-0.3, -0.25) is 0 Å². The van der Waals surface area contributed by atoms with Crippen LogP contribution >= 0.6 is 11.8 Å². The Kier molecular flexibility index (Phi) is 6.85. The summed E-state index contributed by atoms with van der Waals surface area (Å²) in [5.41, 5.74) is 1.92. The zero-order valence-corrected chi connectivity index (χ0v) is 18.1. The molecule has 3 aromatic rings. The number of nitrogens with two attached hydrogens (primary N) is 1. The van der Waals surface area contributed by atoms with E-state index in [-0.39, 0.29) is 12.0 Å². The average Bonchev–Trinajstić information content (AvgIpc) is 3.09. The zero-order chi connectivity index (χ0) is 21.6. The molecule has 0 bridgehead atoms. The first-order chi connectivity index (χ1) is 14.4. The number of ether oxygens (including phenoxy) is 2. The van der Waals surface area contributed by atoms with Crippen LogP contribution in [0.15, 0.2) is 53.7 Å². The first-order valence-corrected chi connectivity index (χ1v) is 10.5. The summed E-state index contributed by atoms with van der Waals surface area (Å²) in [5, 5.41) is 17.7. The number of rotatable bonds is 8. The van der Waals surface area contributed by atoms with Gasteiger partial charge in [0.15, 0.2) is 5.82 Å². The van der Waals surface area contributed by atoms with Gasteiger partial charge in [0.05, 0.1) is 18.2 Å². The summed E-state index contributed by atoms with van der Waals surface area (Å²) < 4.78 is 12.9. The maximum Gasteiger partial charge on any atom is 0.210 e. The third-order valence-corrected chi connectivity index (χ3v) is 5.28. The largest absolute Gasteiger partial charge is 0.493 e. The SMILES string of the molecule is CC(C)(C)c1ccc(OCc2nnc(SCCOc3cccc(C#N)c3)n2N)cc1. The zero-order valence-electron chi connectivity index (χ0n) is 17.3. The van der Waals surface area contributed by atoms with E-state index in [0.29, 0.717) is 34.7 Å². The molecule has 7 nitrogen and oxygen atoms in total. The smallest absolute Gasteiger partial charge is 0.210 e. The maximum absolute atomic E-state index is 8.92. The van der Waals surface area contributed by atoms with Gasteiger partial charge in [0.2, 0.25) is 5.16 Å². The van der Waals surface area contributed by atoms with Gasteiger partial charge in [-0.15, -0.1) is 10.2 Å². The van der Waals surface area contributed by atoms with Crippen LogP contribution < -0.4 is 15.3 Å². The first-order valence-electron chi connectivity index (χ1n) is 9.55. The molecule has 0 aliphatic rings. The highest BCUT2D eigenvalue weighted by molar-refractivity contribution is 7.99. The third-order valence-electron chi connectivity index (χ3n) is 4.37. The van der Waals surface area contributed by atoms with Crippen molar-refractivity contribution in [2.24, 2.45) is 0 Å². The molecule has 0 unspecified atom stereocenters. The molecule has 2 N–H and O–H groups in total. The summed E-state index contributed by atoms with van der Waals surface area (Å²) in [4.78, 5) is 0. The van der Waals surface area contributed by atoms with Crippen LogP contribution in [0.1, 0.15) is 37.7 Å². The van der Waals surface area contributed by atoms with E-state index in [1.54, 1.807) is 18.2 Å². The molecule has 0 saturated carbocycles. The molecule has 3 rings (SSSR count). The number of nitrogens with zero attached hydrogens (tertiary/aromatic N) is 4. The van der Waals surface area contributed by atoms with Crippen molar-refractivity contribution in [2.45, 2.75) is 37.9 Å². The van der Waals surface area contributed by atoms with Crippen molar-refractivity contribution in [1.29, 1.82) is 5.26 Å². The Morgan fingerprint density at radius 2 is 1.83 bits per heavy atom. The van der Waals surface area contributed by atoms with Crippen LogP contribution in [0.4, 0.5) is 0 Å². The molecule has 1 heterocycles. The monoisotopic (exact) mass is 423 g/mol. The van der Waals surface area contributed by atoms with Gasteiger partial charge in [0, 0.05) is 5.75 Å². The summed E-state index contributed by atoms with van der Waals surface area (Å²) in [6.07, 6.45) is 0. The fraction of sp³-hybridized carbons (Fsp3) is 0.318. The normalized spacial score (nSPS) is 11.1. The quantitative estimate of drug-likeness (QED) is 0.333. The number of hydrogen-bond donors (Lipinski definition) is 1. The molecule has 0 saturated heterocycles. The van der Waals surface area contributed by atoms with Gasteiger partial charge in [-0.05, 0) is 41.3 Å². The Morgan fingerprint density at radius 3 is 2.53 bits per heavy atom. The Bertz CT molecular complexity index is 1020. The highest BCUT2D eigenvalue weighted by Crippen LogP contribution is 2.24. The average molecular weight is 424 g/mol. The summed E-state index contributed by atoms with van der Waals surface area (Å²) >= 11 is 1.44. The van der Waals surface area contributed by atoms with E-state index in [0.717, 1.165) is 5.75 Å². The fourth-order valence-electron chi connectivity index (χ4n) is 2.65. The second-order valence-corrected chi connectivity index (χ2v) is 8.73. The topological polar surface area (TPSA) is 99.0 Å². The minimum Gasteiger partial charge on any atom is -0.493 e. The standard InChI is InChI=1S/C22H25N5O2S/c1-22(2,3)17-7-9-18(10-8-17)29-15-20-25-26-21(27(20)24)30-12-11-28-19-6-4-5-16(13-19)14-23/h4-10,13H,11-12,15,24H2,1-3H3. The Labute approximate surface area is 180 Å². The molecule has 0 spiro atoms. The highest BCUT2D eigenvalue weighted by atomic mass is 32.2. The number of hydrogen-bond acceptors (Lipinski definition) is 7. The lowest BCUT2D eigenvalue weighted by Crippen LogP contribution is -2.16. The predicted octanol–water partition coefficient (Wildman–Crippen LogP) is 3.91. The summed E-state index contributed by atoms with van der Waals surface area (Å²) in [7, 11) is 0. The van der Waals surface area contributed by atoms with Crippen LogP contribution in [-0.4, -0.2) is 27.2 Å². The van der Waals surface area contributed by atoms with Crippen LogP contribution in [0.5, 0.6) is 11.5 Å². The second kappa shape index (κ2) is 9.55. The molecule has 2 aromatic carbocycles.